The molecule has 1 saturated carbocycles. The first-order chi connectivity index (χ1) is 9.22. The van der Waals surface area contributed by atoms with E-state index >= 15 is 0 Å². The number of nitrogens with two attached hydrogens (primary N) is 1. The van der Waals surface area contributed by atoms with Gasteiger partial charge in [-0.2, -0.15) is 4.98 Å². The molecule has 0 amide bonds. The van der Waals surface area contributed by atoms with E-state index in [1.807, 2.05) is 18.2 Å². The molecule has 1 aliphatic rings. The van der Waals surface area contributed by atoms with Crippen LogP contribution >= 0.6 is 0 Å². The van der Waals surface area contributed by atoms with Gasteiger partial charge in [0.15, 0.2) is 5.58 Å². The molecule has 4 nitrogen and oxygen atoms in total. The number of hydrogen-bond donors (Lipinski definition) is 2. The summed E-state index contributed by atoms with van der Waals surface area (Å²) in [4.78, 5) is 4.45. The first-order valence-electron chi connectivity index (χ1n) is 7.14. The van der Waals surface area contributed by atoms with Crippen LogP contribution in [0.3, 0.4) is 0 Å². The normalized spacial score (nSPS) is 24.3. The number of nitrogen functional groups attached to an aromatic ring is 1. The first-order valence-corrected chi connectivity index (χ1v) is 7.14. The lowest BCUT2D eigenvalue weighted by molar-refractivity contribution is 0.499. The largest absolute Gasteiger partial charge is 0.423 e. The second-order valence-corrected chi connectivity index (χ2v) is 5.67. The van der Waals surface area contributed by atoms with E-state index < -0.39 is 0 Å². The zero-order valence-corrected chi connectivity index (χ0v) is 11.4. The van der Waals surface area contributed by atoms with Crippen molar-refractivity contribution in [3.05, 3.63) is 18.2 Å². The molecule has 1 aliphatic carbocycles. The maximum Gasteiger partial charge on any atom is 0.295 e. The van der Waals surface area contributed by atoms with Crippen molar-refractivity contribution in [2.75, 3.05) is 11.1 Å². The molecule has 2 atom stereocenters. The van der Waals surface area contributed by atoms with Gasteiger partial charge >= 0.3 is 0 Å². The van der Waals surface area contributed by atoms with E-state index in [-0.39, 0.29) is 0 Å². The van der Waals surface area contributed by atoms with E-state index in [4.69, 9.17) is 10.2 Å². The van der Waals surface area contributed by atoms with Crippen LogP contribution in [0.25, 0.3) is 11.1 Å². The quantitative estimate of drug-likeness (QED) is 0.636. The second kappa shape index (κ2) is 5.11. The molecule has 2 aromatic rings. The number of nitrogens with one attached hydrogen (secondary N) is 1. The molecular weight excluding hydrogens is 238 g/mol. The van der Waals surface area contributed by atoms with Crippen molar-refractivity contribution >= 4 is 22.8 Å². The molecule has 1 heterocycles. The van der Waals surface area contributed by atoms with E-state index in [1.165, 1.54) is 32.1 Å². The van der Waals surface area contributed by atoms with Gasteiger partial charge in [-0.3, -0.25) is 0 Å². The summed E-state index contributed by atoms with van der Waals surface area (Å²) < 4.78 is 5.72. The minimum atomic E-state index is 0.472. The van der Waals surface area contributed by atoms with Crippen molar-refractivity contribution in [1.29, 1.82) is 0 Å². The van der Waals surface area contributed by atoms with E-state index in [0.717, 1.165) is 17.0 Å². The molecule has 0 aliphatic heterocycles. The number of rotatable bonds is 2. The Balaban J connectivity index is 1.76. The topological polar surface area (TPSA) is 64.1 Å². The average Bonchev–Trinajstić information content (AvgIpc) is 2.69. The summed E-state index contributed by atoms with van der Waals surface area (Å²) in [6, 6.07) is 6.72. The van der Waals surface area contributed by atoms with Gasteiger partial charge < -0.3 is 15.5 Å². The average molecular weight is 259 g/mol. The van der Waals surface area contributed by atoms with Crippen LogP contribution in [-0.4, -0.2) is 11.0 Å². The highest BCUT2D eigenvalue weighted by molar-refractivity contribution is 5.86. The molecule has 0 bridgehead atoms. The van der Waals surface area contributed by atoms with Gasteiger partial charge in [0.25, 0.3) is 6.01 Å². The van der Waals surface area contributed by atoms with Crippen LogP contribution in [-0.2, 0) is 0 Å². The van der Waals surface area contributed by atoms with Crippen LogP contribution in [0.5, 0.6) is 0 Å². The van der Waals surface area contributed by atoms with Crippen LogP contribution in [0, 0.1) is 5.92 Å². The molecule has 1 aromatic carbocycles. The van der Waals surface area contributed by atoms with Crippen LogP contribution in [0.15, 0.2) is 22.6 Å². The number of anilines is 2. The lowest BCUT2D eigenvalue weighted by Crippen LogP contribution is -2.18. The zero-order valence-electron chi connectivity index (χ0n) is 11.4. The van der Waals surface area contributed by atoms with Gasteiger partial charge in [0.2, 0.25) is 0 Å². The maximum absolute atomic E-state index is 5.90. The molecule has 19 heavy (non-hydrogen) atoms. The number of para-hydroxylation sites is 1. The van der Waals surface area contributed by atoms with Crippen molar-refractivity contribution in [2.45, 2.75) is 45.1 Å². The molecule has 1 fully saturated rings. The van der Waals surface area contributed by atoms with Crippen molar-refractivity contribution in [1.82, 2.24) is 4.98 Å². The van der Waals surface area contributed by atoms with Gasteiger partial charge in [0.05, 0.1) is 5.69 Å². The van der Waals surface area contributed by atoms with E-state index in [9.17, 15) is 0 Å². The monoisotopic (exact) mass is 259 g/mol. The van der Waals surface area contributed by atoms with Gasteiger partial charge in [0.1, 0.15) is 5.52 Å². The fourth-order valence-corrected chi connectivity index (χ4v) is 2.84. The van der Waals surface area contributed by atoms with E-state index in [0.29, 0.717) is 17.7 Å². The smallest absolute Gasteiger partial charge is 0.295 e. The summed E-state index contributed by atoms with van der Waals surface area (Å²) in [5, 5.41) is 3.42. The minimum Gasteiger partial charge on any atom is -0.423 e. The lowest BCUT2D eigenvalue weighted by atomic mass is 10.0. The minimum absolute atomic E-state index is 0.472. The fourth-order valence-electron chi connectivity index (χ4n) is 2.84. The first kappa shape index (κ1) is 12.3. The Hall–Kier alpha value is -1.71. The van der Waals surface area contributed by atoms with Crippen LogP contribution < -0.4 is 11.1 Å². The van der Waals surface area contributed by atoms with Gasteiger partial charge in [0, 0.05) is 6.04 Å². The fraction of sp³-hybridized carbons (Fsp3) is 0.533. The Kier molecular flexibility index (Phi) is 3.32. The maximum atomic E-state index is 5.90. The molecule has 4 heteroatoms. The highest BCUT2D eigenvalue weighted by Gasteiger charge is 2.18. The number of hydrogen-bond acceptors (Lipinski definition) is 4. The summed E-state index contributed by atoms with van der Waals surface area (Å²) in [7, 11) is 0. The Bertz CT molecular complexity index is 564. The number of oxazole rings is 1. The number of aromatic nitrogens is 1. The highest BCUT2D eigenvalue weighted by Crippen LogP contribution is 2.27. The Morgan fingerprint density at radius 2 is 2.16 bits per heavy atom. The molecule has 3 rings (SSSR count). The summed E-state index contributed by atoms with van der Waals surface area (Å²) in [5.41, 5.74) is 8.08. The predicted octanol–water partition coefficient (Wildman–Crippen LogP) is 3.79. The molecule has 1 aromatic heterocycles. The number of fused-ring (bicyclic) bond motifs is 1. The van der Waals surface area contributed by atoms with Gasteiger partial charge in [-0.05, 0) is 37.3 Å². The zero-order chi connectivity index (χ0) is 13.2. The Morgan fingerprint density at radius 1 is 1.26 bits per heavy atom. The predicted molar refractivity (Wildman–Crippen MR) is 78.1 cm³/mol. The van der Waals surface area contributed by atoms with E-state index in [2.05, 4.69) is 17.2 Å². The molecule has 0 spiro atoms. The van der Waals surface area contributed by atoms with Crippen molar-refractivity contribution in [2.24, 2.45) is 5.92 Å². The van der Waals surface area contributed by atoms with Gasteiger partial charge in [-0.1, -0.05) is 25.8 Å². The molecule has 102 valence electrons. The molecule has 0 radical (unpaired) electrons. The van der Waals surface area contributed by atoms with Gasteiger partial charge in [-0.15, -0.1) is 0 Å². The molecule has 3 N–H and O–H groups in total. The molecule has 2 unspecified atom stereocenters. The molecule has 0 saturated heterocycles. The lowest BCUT2D eigenvalue weighted by Gasteiger charge is -2.14. The third-order valence-electron chi connectivity index (χ3n) is 4.04. The van der Waals surface area contributed by atoms with Crippen molar-refractivity contribution in [3.8, 4) is 0 Å². The van der Waals surface area contributed by atoms with Gasteiger partial charge in [-0.25, -0.2) is 0 Å². The third-order valence-corrected chi connectivity index (χ3v) is 4.04. The van der Waals surface area contributed by atoms with Crippen molar-refractivity contribution < 1.29 is 4.42 Å². The third kappa shape index (κ3) is 2.67. The Morgan fingerprint density at radius 3 is 3.00 bits per heavy atom. The summed E-state index contributed by atoms with van der Waals surface area (Å²) in [6.45, 7) is 2.34. The van der Waals surface area contributed by atoms with E-state index in [1.54, 1.807) is 0 Å². The van der Waals surface area contributed by atoms with Crippen LogP contribution in [0.2, 0.25) is 0 Å². The summed E-state index contributed by atoms with van der Waals surface area (Å²) in [5.74, 6) is 0.839. The summed E-state index contributed by atoms with van der Waals surface area (Å²) in [6.07, 6.45) is 6.27. The second-order valence-electron chi connectivity index (χ2n) is 5.67. The Labute approximate surface area is 113 Å². The SMILES string of the molecule is CC1CCCC(Nc2nc3c(N)cccc3o2)CC1. The van der Waals surface area contributed by atoms with Crippen LogP contribution in [0.1, 0.15) is 39.0 Å². The molecular formula is C15H21N3O. The van der Waals surface area contributed by atoms with Crippen molar-refractivity contribution in [3.63, 3.8) is 0 Å². The highest BCUT2D eigenvalue weighted by atomic mass is 16.4. The summed E-state index contributed by atoms with van der Waals surface area (Å²) >= 11 is 0. The number of benzene rings is 1. The standard InChI is InChI=1S/C15H21N3O/c1-10-4-2-5-11(9-8-10)17-15-18-14-12(16)6-3-7-13(14)19-15/h3,6-7,10-11H,2,4-5,8-9,16H2,1H3,(H,17,18). The number of nitrogens with zero attached hydrogens (tertiary/aromatic N) is 1. The van der Waals surface area contributed by atoms with Crippen LogP contribution in [0.4, 0.5) is 11.7 Å².